The predicted molar refractivity (Wildman–Crippen MR) is 75.8 cm³/mol. The average Bonchev–Trinajstić information content (AvgIpc) is 3.17. The summed E-state index contributed by atoms with van der Waals surface area (Å²) in [6.07, 6.45) is 0.506. The molecule has 21 heavy (non-hydrogen) atoms. The Kier molecular flexibility index (Phi) is 3.47. The molecule has 0 spiro atoms. The van der Waals surface area contributed by atoms with E-state index < -0.39 is 5.60 Å². The number of benzene rings is 1. The second kappa shape index (κ2) is 5.29. The van der Waals surface area contributed by atoms with Crippen LogP contribution < -0.4 is 0 Å². The number of nitrogens with zero attached hydrogens (tertiary/aromatic N) is 3. The van der Waals surface area contributed by atoms with Crippen molar-refractivity contribution in [1.29, 1.82) is 0 Å². The van der Waals surface area contributed by atoms with E-state index >= 15 is 0 Å². The molecular formula is C15H17N3O3. The second-order valence-electron chi connectivity index (χ2n) is 5.38. The van der Waals surface area contributed by atoms with Crippen molar-refractivity contribution >= 4 is 5.71 Å². The fraction of sp³-hybridized carbons (Fsp3) is 0.400. The highest BCUT2D eigenvalue weighted by Gasteiger charge is 2.31. The molecule has 0 saturated heterocycles. The first-order valence-electron chi connectivity index (χ1n) is 6.77. The van der Waals surface area contributed by atoms with Crippen molar-refractivity contribution in [3.63, 3.8) is 0 Å². The van der Waals surface area contributed by atoms with E-state index in [-0.39, 0.29) is 6.10 Å². The highest BCUT2D eigenvalue weighted by molar-refractivity contribution is 5.97. The first-order valence-corrected chi connectivity index (χ1v) is 6.77. The molecule has 6 heteroatoms. The van der Waals surface area contributed by atoms with E-state index in [1.165, 1.54) is 0 Å². The fourth-order valence-electron chi connectivity index (χ4n) is 2.03. The third-order valence-corrected chi connectivity index (χ3v) is 3.56. The van der Waals surface area contributed by atoms with Crippen LogP contribution in [0.15, 0.2) is 40.0 Å². The number of ether oxygens (including phenoxy) is 1. The summed E-state index contributed by atoms with van der Waals surface area (Å²) in [5.74, 6) is 0.874. The van der Waals surface area contributed by atoms with Gasteiger partial charge in [-0.05, 0) is 19.4 Å². The highest BCUT2D eigenvalue weighted by atomic mass is 16.6. The van der Waals surface area contributed by atoms with Crippen LogP contribution in [0, 0.1) is 0 Å². The van der Waals surface area contributed by atoms with Gasteiger partial charge in [0, 0.05) is 13.5 Å². The van der Waals surface area contributed by atoms with E-state index in [9.17, 15) is 0 Å². The lowest BCUT2D eigenvalue weighted by Crippen LogP contribution is -2.21. The van der Waals surface area contributed by atoms with Gasteiger partial charge in [-0.1, -0.05) is 40.6 Å². The van der Waals surface area contributed by atoms with Gasteiger partial charge in [-0.25, -0.2) is 0 Å². The van der Waals surface area contributed by atoms with E-state index in [4.69, 9.17) is 14.1 Å². The molecule has 0 unspecified atom stereocenters. The zero-order valence-corrected chi connectivity index (χ0v) is 12.2. The molecule has 3 rings (SSSR count). The molecule has 2 aromatic rings. The minimum atomic E-state index is -0.597. The summed E-state index contributed by atoms with van der Waals surface area (Å²) in [5.41, 5.74) is 1.14. The first kappa shape index (κ1) is 13.8. The van der Waals surface area contributed by atoms with E-state index in [0.717, 1.165) is 5.56 Å². The van der Waals surface area contributed by atoms with Gasteiger partial charge in [-0.15, -0.1) is 0 Å². The molecular weight excluding hydrogens is 270 g/mol. The third-order valence-electron chi connectivity index (χ3n) is 3.56. The van der Waals surface area contributed by atoms with Gasteiger partial charge in [0.1, 0.15) is 11.3 Å². The van der Waals surface area contributed by atoms with Gasteiger partial charge in [-0.2, -0.15) is 4.98 Å². The number of hydrogen-bond acceptors (Lipinski definition) is 6. The Morgan fingerprint density at radius 1 is 1.24 bits per heavy atom. The summed E-state index contributed by atoms with van der Waals surface area (Å²) in [7, 11) is 1.61. The Labute approximate surface area is 122 Å². The number of oxime groups is 1. The summed E-state index contributed by atoms with van der Waals surface area (Å²) < 4.78 is 10.6. The zero-order chi connectivity index (χ0) is 14.9. The Morgan fingerprint density at radius 2 is 2.00 bits per heavy atom. The number of hydrogen-bond donors (Lipinski definition) is 0. The molecule has 0 bridgehead atoms. The summed E-state index contributed by atoms with van der Waals surface area (Å²) in [6.45, 7) is 3.75. The fourth-order valence-corrected chi connectivity index (χ4v) is 2.03. The van der Waals surface area contributed by atoms with E-state index in [1.807, 2.05) is 44.2 Å². The van der Waals surface area contributed by atoms with Crippen molar-refractivity contribution in [3.05, 3.63) is 47.6 Å². The van der Waals surface area contributed by atoms with Crippen LogP contribution in [0.2, 0.25) is 0 Å². The van der Waals surface area contributed by atoms with E-state index in [0.29, 0.717) is 23.8 Å². The number of aromatic nitrogens is 2. The molecule has 1 aromatic carbocycles. The lowest BCUT2D eigenvalue weighted by molar-refractivity contribution is 0.00973. The topological polar surface area (TPSA) is 69.7 Å². The quantitative estimate of drug-likeness (QED) is 0.864. The average molecular weight is 287 g/mol. The normalized spacial score (nSPS) is 18.4. The van der Waals surface area contributed by atoms with Gasteiger partial charge in [0.05, 0.1) is 0 Å². The van der Waals surface area contributed by atoms with Crippen LogP contribution in [-0.2, 0) is 15.2 Å². The van der Waals surface area contributed by atoms with Crippen LogP contribution in [0.4, 0.5) is 0 Å². The Hall–Kier alpha value is -2.21. The summed E-state index contributed by atoms with van der Waals surface area (Å²) in [4.78, 5) is 9.81. The first-order chi connectivity index (χ1) is 10.1. The van der Waals surface area contributed by atoms with Crippen LogP contribution in [-0.4, -0.2) is 23.0 Å². The van der Waals surface area contributed by atoms with Crippen LogP contribution in [0.1, 0.15) is 43.7 Å². The van der Waals surface area contributed by atoms with Gasteiger partial charge in [0.15, 0.2) is 6.10 Å². The molecule has 0 saturated carbocycles. The molecule has 0 radical (unpaired) electrons. The molecule has 110 valence electrons. The molecule has 0 aliphatic carbocycles. The van der Waals surface area contributed by atoms with Crippen molar-refractivity contribution < 1.29 is 14.1 Å². The van der Waals surface area contributed by atoms with Gasteiger partial charge in [0.25, 0.3) is 5.89 Å². The number of rotatable bonds is 4. The Balaban J connectivity index is 1.75. The van der Waals surface area contributed by atoms with E-state index in [1.54, 1.807) is 7.11 Å². The van der Waals surface area contributed by atoms with Crippen LogP contribution >= 0.6 is 0 Å². The summed E-state index contributed by atoms with van der Waals surface area (Å²) in [6, 6.07) is 9.94. The van der Waals surface area contributed by atoms with Gasteiger partial charge >= 0.3 is 0 Å². The van der Waals surface area contributed by atoms with Gasteiger partial charge < -0.3 is 14.1 Å². The maximum Gasteiger partial charge on any atom is 0.275 e. The van der Waals surface area contributed by atoms with E-state index in [2.05, 4.69) is 15.3 Å². The molecule has 2 heterocycles. The lowest BCUT2D eigenvalue weighted by Gasteiger charge is -2.17. The Morgan fingerprint density at radius 3 is 2.71 bits per heavy atom. The predicted octanol–water partition coefficient (Wildman–Crippen LogP) is 2.82. The largest absolute Gasteiger partial charge is 0.387 e. The second-order valence-corrected chi connectivity index (χ2v) is 5.38. The zero-order valence-electron chi connectivity index (χ0n) is 12.2. The van der Waals surface area contributed by atoms with Crippen molar-refractivity contribution in [3.8, 4) is 0 Å². The summed E-state index contributed by atoms with van der Waals surface area (Å²) in [5, 5.41) is 8.02. The molecule has 0 amide bonds. The molecule has 1 aliphatic rings. The van der Waals surface area contributed by atoms with Crippen molar-refractivity contribution in [2.24, 2.45) is 5.16 Å². The van der Waals surface area contributed by atoms with Crippen molar-refractivity contribution in [2.45, 2.75) is 32.0 Å². The number of methoxy groups -OCH3 is 1. The van der Waals surface area contributed by atoms with Crippen molar-refractivity contribution in [2.75, 3.05) is 7.11 Å². The monoisotopic (exact) mass is 287 g/mol. The Bertz CT molecular complexity index is 649. The van der Waals surface area contributed by atoms with Crippen LogP contribution in [0.25, 0.3) is 0 Å². The van der Waals surface area contributed by atoms with Gasteiger partial charge in [-0.3, -0.25) is 0 Å². The summed E-state index contributed by atoms with van der Waals surface area (Å²) >= 11 is 0. The third kappa shape index (κ3) is 2.67. The molecule has 0 N–H and O–H groups in total. The molecule has 1 atom stereocenters. The lowest BCUT2D eigenvalue weighted by atomic mass is 10.0. The van der Waals surface area contributed by atoms with Gasteiger partial charge in [0.2, 0.25) is 5.82 Å². The van der Waals surface area contributed by atoms with Crippen molar-refractivity contribution in [1.82, 2.24) is 10.1 Å². The molecule has 0 fully saturated rings. The minimum absolute atomic E-state index is 0.105. The molecule has 1 aromatic heterocycles. The molecule has 6 nitrogen and oxygen atoms in total. The smallest absolute Gasteiger partial charge is 0.275 e. The van der Waals surface area contributed by atoms with Crippen LogP contribution in [0.5, 0.6) is 0 Å². The molecule has 1 aliphatic heterocycles. The minimum Gasteiger partial charge on any atom is -0.387 e. The SMILES string of the molecule is COC(C)(C)c1noc(C2=NO[C@H](c3ccccc3)C2)n1. The van der Waals surface area contributed by atoms with Crippen LogP contribution in [0.3, 0.4) is 0 Å². The maximum absolute atomic E-state index is 5.46. The standard InChI is InChI=1S/C15H17N3O3/c1-15(2,19-3)14-16-13(21-18-14)11-9-12(20-17-11)10-7-5-4-6-8-10/h4-8,12H,9H2,1-3H3/t12-/m0/s1. The maximum atomic E-state index is 5.46. The highest BCUT2D eigenvalue weighted by Crippen LogP contribution is 2.29.